The van der Waals surface area contributed by atoms with Gasteiger partial charge in [-0.3, -0.25) is 5.26 Å². The highest BCUT2D eigenvalue weighted by atomic mass is 35.5. The molecule has 33 heavy (non-hydrogen) atoms. The summed E-state index contributed by atoms with van der Waals surface area (Å²) < 4.78 is 16.8. The molecular formula is C23H27ClO9. The van der Waals surface area contributed by atoms with Crippen LogP contribution in [0.25, 0.3) is 0 Å². The minimum absolute atomic E-state index is 0.00500. The smallest absolute Gasteiger partial charge is 0.144 e. The number of aliphatic hydroxyl groups excluding tert-OH is 4. The standard InChI is InChI=1S/C23H27ClO9/c24-17-6-3-13(23-21(28)20(27)19(26)18(10-25)32-23)9-16(17)22(33-29)12-1-4-14(5-2-12)31-15-7-8-30-11-15/h1-6,9,15,18-23,25-29H,7-8,10-11H2/t15-,18+,19+,20-,21+,22?,23-/m1/s1. The Balaban J connectivity index is 1.58. The first-order valence-corrected chi connectivity index (χ1v) is 11.0. The van der Waals surface area contributed by atoms with E-state index in [0.717, 1.165) is 6.42 Å². The fourth-order valence-electron chi connectivity index (χ4n) is 4.13. The fraction of sp³-hybridized carbons (Fsp3) is 0.478. The molecule has 180 valence electrons. The first kappa shape index (κ1) is 24.3. The summed E-state index contributed by atoms with van der Waals surface area (Å²) in [5.41, 5.74) is 1.42. The summed E-state index contributed by atoms with van der Waals surface area (Å²) >= 11 is 6.38. The van der Waals surface area contributed by atoms with Crippen molar-refractivity contribution in [3.63, 3.8) is 0 Å². The van der Waals surface area contributed by atoms with Gasteiger partial charge in [0.15, 0.2) is 0 Å². The summed E-state index contributed by atoms with van der Waals surface area (Å²) in [4.78, 5) is 4.75. The number of rotatable bonds is 7. The largest absolute Gasteiger partial charge is 0.488 e. The monoisotopic (exact) mass is 482 g/mol. The van der Waals surface area contributed by atoms with E-state index in [-0.39, 0.29) is 6.10 Å². The molecule has 0 amide bonds. The van der Waals surface area contributed by atoms with Gasteiger partial charge >= 0.3 is 0 Å². The minimum atomic E-state index is -1.51. The van der Waals surface area contributed by atoms with Gasteiger partial charge in [-0.15, -0.1) is 0 Å². The number of hydrogen-bond acceptors (Lipinski definition) is 9. The zero-order chi connectivity index (χ0) is 23.5. The summed E-state index contributed by atoms with van der Waals surface area (Å²) in [5, 5.41) is 50.0. The number of aliphatic hydroxyl groups is 4. The molecule has 4 rings (SSSR count). The molecule has 0 saturated carbocycles. The van der Waals surface area contributed by atoms with Crippen LogP contribution < -0.4 is 4.74 Å². The Bertz CT molecular complexity index is 917. The van der Waals surface area contributed by atoms with Crippen molar-refractivity contribution in [3.8, 4) is 5.75 Å². The molecule has 0 spiro atoms. The number of benzene rings is 2. The molecule has 0 radical (unpaired) electrons. The molecule has 0 bridgehead atoms. The molecular weight excluding hydrogens is 456 g/mol. The summed E-state index contributed by atoms with van der Waals surface area (Å²) in [5.74, 6) is 0.659. The first-order chi connectivity index (χ1) is 15.9. The Morgan fingerprint density at radius 3 is 2.42 bits per heavy atom. The van der Waals surface area contributed by atoms with Gasteiger partial charge in [-0.1, -0.05) is 29.8 Å². The van der Waals surface area contributed by atoms with E-state index in [2.05, 4.69) is 0 Å². The van der Waals surface area contributed by atoms with Gasteiger partial charge in [0, 0.05) is 17.0 Å². The Hall–Kier alpha value is -1.79. The van der Waals surface area contributed by atoms with Crippen molar-refractivity contribution in [2.75, 3.05) is 19.8 Å². The lowest BCUT2D eigenvalue weighted by Crippen LogP contribution is -2.55. The molecule has 2 aromatic carbocycles. The van der Waals surface area contributed by atoms with Gasteiger partial charge in [-0.25, -0.2) is 4.89 Å². The van der Waals surface area contributed by atoms with Gasteiger partial charge in [-0.05, 0) is 35.4 Å². The minimum Gasteiger partial charge on any atom is -0.488 e. The maximum absolute atomic E-state index is 10.4. The van der Waals surface area contributed by atoms with Crippen molar-refractivity contribution < 1.29 is 44.8 Å². The van der Waals surface area contributed by atoms with E-state index in [0.29, 0.717) is 40.7 Å². The van der Waals surface area contributed by atoms with E-state index < -0.39 is 43.2 Å². The molecule has 5 N–H and O–H groups in total. The van der Waals surface area contributed by atoms with Crippen LogP contribution in [0, 0.1) is 0 Å². The Morgan fingerprint density at radius 1 is 1.03 bits per heavy atom. The van der Waals surface area contributed by atoms with Crippen molar-refractivity contribution in [3.05, 3.63) is 64.2 Å². The second kappa shape index (κ2) is 10.6. The second-order valence-electron chi connectivity index (χ2n) is 8.19. The lowest BCUT2D eigenvalue weighted by Gasteiger charge is -2.40. The molecule has 9 nitrogen and oxygen atoms in total. The Labute approximate surface area is 195 Å². The topological polar surface area (TPSA) is 138 Å². The highest BCUT2D eigenvalue weighted by Crippen LogP contribution is 2.37. The van der Waals surface area contributed by atoms with Crippen LogP contribution in [0.15, 0.2) is 42.5 Å². The Kier molecular flexibility index (Phi) is 7.85. The van der Waals surface area contributed by atoms with Crippen LogP contribution in [0.4, 0.5) is 0 Å². The van der Waals surface area contributed by atoms with Crippen LogP contribution in [0.1, 0.15) is 35.3 Å². The van der Waals surface area contributed by atoms with E-state index in [4.69, 9.17) is 30.7 Å². The maximum atomic E-state index is 10.4. The van der Waals surface area contributed by atoms with Crippen molar-refractivity contribution in [1.29, 1.82) is 0 Å². The predicted molar refractivity (Wildman–Crippen MR) is 116 cm³/mol. The van der Waals surface area contributed by atoms with E-state index >= 15 is 0 Å². The summed E-state index contributed by atoms with van der Waals surface area (Å²) in [6.07, 6.45) is -6.63. The third-order valence-electron chi connectivity index (χ3n) is 6.00. The molecule has 2 heterocycles. The first-order valence-electron chi connectivity index (χ1n) is 10.7. The van der Waals surface area contributed by atoms with Crippen LogP contribution >= 0.6 is 11.6 Å². The van der Waals surface area contributed by atoms with Crippen LogP contribution in [0.2, 0.25) is 5.02 Å². The molecule has 0 aromatic heterocycles. The SMILES string of the molecule is OC[C@@H]1O[C@H](c2ccc(Cl)c(C(OO)c3ccc(O[C@@H]4CCOC4)cc3)c2)[C@@H](O)[C@H](O)[C@H]1O. The third kappa shape index (κ3) is 5.17. The molecule has 2 fully saturated rings. The normalized spacial score (nSPS) is 30.8. The molecule has 2 aromatic rings. The molecule has 2 aliphatic rings. The molecule has 0 aliphatic carbocycles. The average molecular weight is 483 g/mol. The van der Waals surface area contributed by atoms with Crippen molar-refractivity contribution in [2.45, 2.75) is 49.1 Å². The Morgan fingerprint density at radius 2 is 1.79 bits per heavy atom. The van der Waals surface area contributed by atoms with Crippen LogP contribution in [0.3, 0.4) is 0 Å². The van der Waals surface area contributed by atoms with Gasteiger partial charge in [0.05, 0.1) is 19.8 Å². The lowest BCUT2D eigenvalue weighted by molar-refractivity contribution is -0.270. The molecule has 2 saturated heterocycles. The highest BCUT2D eigenvalue weighted by Gasteiger charge is 2.44. The third-order valence-corrected chi connectivity index (χ3v) is 6.35. The molecule has 7 atom stereocenters. The summed E-state index contributed by atoms with van der Waals surface area (Å²) in [6.45, 7) is 0.683. The molecule has 10 heteroatoms. The maximum Gasteiger partial charge on any atom is 0.144 e. The van der Waals surface area contributed by atoms with Gasteiger partial charge in [0.1, 0.15) is 48.5 Å². The van der Waals surface area contributed by atoms with Crippen molar-refractivity contribution in [1.82, 2.24) is 0 Å². The van der Waals surface area contributed by atoms with Crippen LogP contribution in [-0.2, 0) is 14.4 Å². The number of hydrogen-bond donors (Lipinski definition) is 5. The average Bonchev–Trinajstić information content (AvgIpc) is 3.34. The second-order valence-corrected chi connectivity index (χ2v) is 8.60. The zero-order valence-electron chi connectivity index (χ0n) is 17.7. The zero-order valence-corrected chi connectivity index (χ0v) is 18.4. The summed E-state index contributed by atoms with van der Waals surface area (Å²) in [7, 11) is 0. The number of ether oxygens (including phenoxy) is 3. The van der Waals surface area contributed by atoms with Gasteiger partial charge in [0.2, 0.25) is 0 Å². The van der Waals surface area contributed by atoms with Gasteiger partial charge in [0.25, 0.3) is 0 Å². The van der Waals surface area contributed by atoms with E-state index in [1.807, 2.05) is 0 Å². The van der Waals surface area contributed by atoms with E-state index in [1.54, 1.807) is 42.5 Å². The lowest BCUT2D eigenvalue weighted by atomic mass is 9.89. The van der Waals surface area contributed by atoms with Crippen LogP contribution in [0.5, 0.6) is 5.75 Å². The van der Waals surface area contributed by atoms with Gasteiger partial charge in [-0.2, -0.15) is 0 Å². The molecule has 2 aliphatic heterocycles. The van der Waals surface area contributed by atoms with Crippen molar-refractivity contribution in [2.24, 2.45) is 0 Å². The van der Waals surface area contributed by atoms with E-state index in [1.165, 1.54) is 0 Å². The quantitative estimate of drug-likeness (QED) is 0.294. The summed E-state index contributed by atoms with van der Waals surface area (Å²) in [6, 6.07) is 11.7. The van der Waals surface area contributed by atoms with Crippen molar-refractivity contribution >= 4 is 11.6 Å². The fourth-order valence-corrected chi connectivity index (χ4v) is 4.35. The van der Waals surface area contributed by atoms with E-state index in [9.17, 15) is 25.7 Å². The molecule has 1 unspecified atom stereocenters. The van der Waals surface area contributed by atoms with Gasteiger partial charge < -0.3 is 34.6 Å². The van der Waals surface area contributed by atoms with Crippen LogP contribution in [-0.4, -0.2) is 76.0 Å². The highest BCUT2D eigenvalue weighted by molar-refractivity contribution is 6.31. The number of halogens is 1. The predicted octanol–water partition coefficient (Wildman–Crippen LogP) is 1.60.